The van der Waals surface area contributed by atoms with E-state index in [0.29, 0.717) is 19.0 Å². The van der Waals surface area contributed by atoms with Crippen molar-refractivity contribution in [1.29, 1.82) is 0 Å². The highest BCUT2D eigenvalue weighted by atomic mass is 16.6. The number of rotatable bonds is 3. The highest BCUT2D eigenvalue weighted by Gasteiger charge is 2.29. The van der Waals surface area contributed by atoms with Crippen LogP contribution in [0.2, 0.25) is 0 Å². The van der Waals surface area contributed by atoms with Gasteiger partial charge < -0.3 is 19.4 Å². The molecule has 4 rings (SSSR count). The summed E-state index contributed by atoms with van der Waals surface area (Å²) in [5, 5.41) is 0. The molecule has 0 radical (unpaired) electrons. The molecule has 3 aliphatic rings. The van der Waals surface area contributed by atoms with E-state index in [1.807, 2.05) is 20.8 Å². The minimum atomic E-state index is -0.476. The molecule has 2 amide bonds. The first-order valence-corrected chi connectivity index (χ1v) is 12.0. The number of hydrogen-bond acceptors (Lipinski definition) is 4. The van der Waals surface area contributed by atoms with Crippen molar-refractivity contribution in [2.75, 3.05) is 44.2 Å². The van der Waals surface area contributed by atoms with Gasteiger partial charge in [-0.3, -0.25) is 4.79 Å². The second-order valence-corrected chi connectivity index (χ2v) is 10.3. The zero-order chi connectivity index (χ0) is 22.0. The van der Waals surface area contributed by atoms with Crippen molar-refractivity contribution in [3.8, 4) is 0 Å². The molecular formula is C25H37N3O3. The first-order chi connectivity index (χ1) is 14.8. The molecule has 0 unspecified atom stereocenters. The third-order valence-corrected chi connectivity index (χ3v) is 6.76. The van der Waals surface area contributed by atoms with Gasteiger partial charge in [0.1, 0.15) is 5.60 Å². The smallest absolute Gasteiger partial charge is 0.410 e. The van der Waals surface area contributed by atoms with Crippen molar-refractivity contribution in [1.82, 2.24) is 9.80 Å². The Bertz CT molecular complexity index is 803. The number of piperazine rings is 1. The fourth-order valence-electron chi connectivity index (χ4n) is 5.03. The number of benzene rings is 1. The van der Waals surface area contributed by atoms with Gasteiger partial charge >= 0.3 is 6.09 Å². The molecule has 2 aliphatic heterocycles. The lowest BCUT2D eigenvalue weighted by Crippen LogP contribution is -2.50. The summed E-state index contributed by atoms with van der Waals surface area (Å²) in [4.78, 5) is 31.7. The van der Waals surface area contributed by atoms with Crippen LogP contribution in [-0.2, 0) is 11.2 Å². The predicted octanol–water partition coefficient (Wildman–Crippen LogP) is 4.32. The maximum atomic E-state index is 13.2. The van der Waals surface area contributed by atoms with E-state index in [1.54, 1.807) is 4.90 Å². The van der Waals surface area contributed by atoms with Crippen LogP contribution in [0.15, 0.2) is 18.2 Å². The number of fused-ring (bicyclic) bond motifs is 1. The number of nitrogens with zero attached hydrogens (tertiary/aromatic N) is 3. The largest absolute Gasteiger partial charge is 0.444 e. The third kappa shape index (κ3) is 5.34. The Kier molecular flexibility index (Phi) is 6.44. The van der Waals surface area contributed by atoms with Crippen LogP contribution in [-0.4, -0.2) is 66.7 Å². The third-order valence-electron chi connectivity index (χ3n) is 6.76. The maximum Gasteiger partial charge on any atom is 0.410 e. The van der Waals surface area contributed by atoms with E-state index in [0.717, 1.165) is 43.9 Å². The van der Waals surface area contributed by atoms with E-state index in [1.165, 1.54) is 37.7 Å². The number of carbonyl (C=O) groups excluding carboxylic acids is 2. The lowest BCUT2D eigenvalue weighted by molar-refractivity contribution is 0.0240. The Balaban J connectivity index is 1.38. The Hall–Kier alpha value is -2.24. The summed E-state index contributed by atoms with van der Waals surface area (Å²) in [5.41, 5.74) is 2.64. The van der Waals surface area contributed by atoms with Crippen molar-refractivity contribution >= 4 is 17.7 Å². The summed E-state index contributed by atoms with van der Waals surface area (Å²) >= 11 is 0. The zero-order valence-electron chi connectivity index (χ0n) is 19.4. The quantitative estimate of drug-likeness (QED) is 0.721. The second kappa shape index (κ2) is 9.09. The van der Waals surface area contributed by atoms with Crippen molar-refractivity contribution in [3.63, 3.8) is 0 Å². The minimum Gasteiger partial charge on any atom is -0.444 e. The standard InChI is InChI=1S/C25H37N3O3/c1-25(2,3)31-24(30)27-15-13-26(14-16-27)21-10-9-20-11-12-28(23(29)22(20)17-21)18-19-7-5-4-6-8-19/h9-10,17,19H,4-8,11-16,18H2,1-3H3. The summed E-state index contributed by atoms with van der Waals surface area (Å²) in [7, 11) is 0. The van der Waals surface area contributed by atoms with Gasteiger partial charge in [0.2, 0.25) is 0 Å². The fraction of sp³-hybridized carbons (Fsp3) is 0.680. The first-order valence-electron chi connectivity index (χ1n) is 12.0. The molecule has 1 saturated heterocycles. The average molecular weight is 428 g/mol. The Morgan fingerprint density at radius 2 is 1.74 bits per heavy atom. The van der Waals surface area contributed by atoms with Crippen molar-refractivity contribution < 1.29 is 14.3 Å². The van der Waals surface area contributed by atoms with Gasteiger partial charge in [0.25, 0.3) is 5.91 Å². The molecule has 0 bridgehead atoms. The van der Waals surface area contributed by atoms with E-state index in [4.69, 9.17) is 4.74 Å². The summed E-state index contributed by atoms with van der Waals surface area (Å²) in [6.07, 6.45) is 7.19. The van der Waals surface area contributed by atoms with Crippen LogP contribution in [0.5, 0.6) is 0 Å². The number of anilines is 1. The molecule has 170 valence electrons. The first kappa shape index (κ1) is 22.0. The normalized spacial score (nSPS) is 20.6. The van der Waals surface area contributed by atoms with Crippen molar-refractivity contribution in [2.45, 2.75) is 64.9 Å². The molecule has 1 saturated carbocycles. The molecule has 0 atom stereocenters. The molecule has 6 heteroatoms. The fourth-order valence-corrected chi connectivity index (χ4v) is 5.03. The van der Waals surface area contributed by atoms with E-state index in [2.05, 4.69) is 28.0 Å². The Labute approximate surface area is 186 Å². The maximum absolute atomic E-state index is 13.2. The minimum absolute atomic E-state index is 0.195. The van der Waals surface area contributed by atoms with Gasteiger partial charge in [0, 0.05) is 50.5 Å². The molecule has 0 spiro atoms. The van der Waals surface area contributed by atoms with E-state index in [9.17, 15) is 9.59 Å². The van der Waals surface area contributed by atoms with Crippen LogP contribution in [0.4, 0.5) is 10.5 Å². The zero-order valence-corrected chi connectivity index (χ0v) is 19.4. The Morgan fingerprint density at radius 3 is 2.42 bits per heavy atom. The second-order valence-electron chi connectivity index (χ2n) is 10.3. The number of amides is 2. The number of hydrogen-bond donors (Lipinski definition) is 0. The van der Waals surface area contributed by atoms with Crippen LogP contribution < -0.4 is 4.90 Å². The van der Waals surface area contributed by atoms with Gasteiger partial charge in [-0.1, -0.05) is 25.3 Å². The molecule has 1 aromatic carbocycles. The monoisotopic (exact) mass is 427 g/mol. The molecule has 6 nitrogen and oxygen atoms in total. The van der Waals surface area contributed by atoms with E-state index < -0.39 is 5.60 Å². The predicted molar refractivity (Wildman–Crippen MR) is 123 cm³/mol. The molecule has 0 aromatic heterocycles. The number of ether oxygens (including phenoxy) is 1. The molecule has 1 aromatic rings. The molecule has 1 aliphatic carbocycles. The van der Waals surface area contributed by atoms with Crippen molar-refractivity contribution in [3.05, 3.63) is 29.3 Å². The molecule has 0 N–H and O–H groups in total. The van der Waals surface area contributed by atoms with Gasteiger partial charge in [-0.15, -0.1) is 0 Å². The number of carbonyl (C=O) groups is 2. The van der Waals surface area contributed by atoms with E-state index >= 15 is 0 Å². The van der Waals surface area contributed by atoms with Crippen LogP contribution >= 0.6 is 0 Å². The molecule has 31 heavy (non-hydrogen) atoms. The summed E-state index contributed by atoms with van der Waals surface area (Å²) in [6.45, 7) is 10.2. The average Bonchev–Trinajstić information content (AvgIpc) is 2.75. The summed E-state index contributed by atoms with van der Waals surface area (Å²) < 4.78 is 5.50. The summed E-state index contributed by atoms with van der Waals surface area (Å²) in [6, 6.07) is 6.33. The highest BCUT2D eigenvalue weighted by Crippen LogP contribution is 2.29. The van der Waals surface area contributed by atoms with Crippen LogP contribution in [0.1, 0.15) is 68.8 Å². The van der Waals surface area contributed by atoms with Crippen LogP contribution in [0.25, 0.3) is 0 Å². The van der Waals surface area contributed by atoms with Gasteiger partial charge in [-0.05, 0) is 63.6 Å². The van der Waals surface area contributed by atoms with E-state index in [-0.39, 0.29) is 12.0 Å². The SMILES string of the molecule is CC(C)(C)OC(=O)N1CCN(c2ccc3c(c2)C(=O)N(CC2CCCCC2)CC3)CC1. The topological polar surface area (TPSA) is 53.1 Å². The van der Waals surface area contributed by atoms with Gasteiger partial charge in [0.05, 0.1) is 0 Å². The summed E-state index contributed by atoms with van der Waals surface area (Å²) in [5.74, 6) is 0.865. The van der Waals surface area contributed by atoms with Gasteiger partial charge in [-0.25, -0.2) is 4.79 Å². The van der Waals surface area contributed by atoms with Gasteiger partial charge in [-0.2, -0.15) is 0 Å². The van der Waals surface area contributed by atoms with Gasteiger partial charge in [0.15, 0.2) is 0 Å². The van der Waals surface area contributed by atoms with Crippen LogP contribution in [0, 0.1) is 5.92 Å². The van der Waals surface area contributed by atoms with Crippen molar-refractivity contribution in [2.24, 2.45) is 5.92 Å². The van der Waals surface area contributed by atoms with Crippen LogP contribution in [0.3, 0.4) is 0 Å². The Morgan fingerprint density at radius 1 is 1.03 bits per heavy atom. The molecule has 2 fully saturated rings. The lowest BCUT2D eigenvalue weighted by Gasteiger charge is -2.37. The molecular weight excluding hydrogens is 390 g/mol. The molecule has 2 heterocycles. The highest BCUT2D eigenvalue weighted by molar-refractivity contribution is 5.97. The lowest BCUT2D eigenvalue weighted by atomic mass is 9.88.